The summed E-state index contributed by atoms with van der Waals surface area (Å²) in [6, 6.07) is 7.77. The van der Waals surface area contributed by atoms with Gasteiger partial charge in [-0.15, -0.1) is 0 Å². The maximum absolute atomic E-state index is 12.1. The number of benzene rings is 1. The van der Waals surface area contributed by atoms with E-state index in [1.165, 1.54) is 0 Å². The first-order chi connectivity index (χ1) is 8.70. The second-order valence-corrected chi connectivity index (χ2v) is 4.86. The first-order valence-corrected chi connectivity index (χ1v) is 6.30. The molecule has 1 heterocycles. The van der Waals surface area contributed by atoms with E-state index in [0.717, 1.165) is 24.3 Å². The summed E-state index contributed by atoms with van der Waals surface area (Å²) in [6.07, 6.45) is 0. The smallest absolute Gasteiger partial charge is 0.229 e. The lowest BCUT2D eigenvalue weighted by Crippen LogP contribution is -2.27. The fourth-order valence-electron chi connectivity index (χ4n) is 2.25. The molecule has 0 spiro atoms. The van der Waals surface area contributed by atoms with Gasteiger partial charge in [-0.05, 0) is 30.2 Å². The molecular weight excluding hydrogens is 228 g/mol. The number of hydrogen-bond donors (Lipinski definition) is 2. The third-order valence-corrected chi connectivity index (χ3v) is 3.39. The Bertz CT molecular complexity index is 403. The minimum absolute atomic E-state index is 0.0728. The molecule has 2 N–H and O–H groups in total. The van der Waals surface area contributed by atoms with Crippen molar-refractivity contribution in [3.8, 4) is 0 Å². The number of hydrogen-bond acceptors (Lipinski definition) is 3. The SMILES string of the molecule is COCc1ccc(NC(=O)[C@@H]2CNC[C@H]2C)cc1. The Hall–Kier alpha value is -1.39. The first kappa shape index (κ1) is 13.1. The number of rotatable bonds is 4. The highest BCUT2D eigenvalue weighted by molar-refractivity contribution is 5.93. The van der Waals surface area contributed by atoms with Crippen LogP contribution in [0.2, 0.25) is 0 Å². The minimum Gasteiger partial charge on any atom is -0.380 e. The van der Waals surface area contributed by atoms with Gasteiger partial charge in [-0.2, -0.15) is 0 Å². The summed E-state index contributed by atoms with van der Waals surface area (Å²) >= 11 is 0. The number of anilines is 1. The zero-order valence-electron chi connectivity index (χ0n) is 10.9. The van der Waals surface area contributed by atoms with Crippen molar-refractivity contribution in [1.29, 1.82) is 0 Å². The predicted octanol–water partition coefficient (Wildman–Crippen LogP) is 1.63. The molecule has 1 saturated heterocycles. The summed E-state index contributed by atoms with van der Waals surface area (Å²) < 4.78 is 5.05. The van der Waals surface area contributed by atoms with Crippen LogP contribution < -0.4 is 10.6 Å². The summed E-state index contributed by atoms with van der Waals surface area (Å²) in [5, 5.41) is 6.20. The molecule has 2 atom stereocenters. The average Bonchev–Trinajstić information content (AvgIpc) is 2.78. The molecule has 1 fully saturated rings. The second-order valence-electron chi connectivity index (χ2n) is 4.86. The van der Waals surface area contributed by atoms with Crippen molar-refractivity contribution in [1.82, 2.24) is 5.32 Å². The lowest BCUT2D eigenvalue weighted by Gasteiger charge is -2.14. The molecule has 1 aromatic carbocycles. The first-order valence-electron chi connectivity index (χ1n) is 6.30. The maximum atomic E-state index is 12.1. The quantitative estimate of drug-likeness (QED) is 0.851. The molecule has 0 radical (unpaired) electrons. The molecule has 1 aromatic rings. The number of nitrogens with one attached hydrogen (secondary N) is 2. The zero-order chi connectivity index (χ0) is 13.0. The van der Waals surface area contributed by atoms with Crippen LogP contribution in [-0.4, -0.2) is 26.1 Å². The van der Waals surface area contributed by atoms with E-state index in [4.69, 9.17) is 4.74 Å². The molecule has 0 aromatic heterocycles. The van der Waals surface area contributed by atoms with E-state index in [0.29, 0.717) is 12.5 Å². The molecule has 2 rings (SSSR count). The molecule has 0 aliphatic carbocycles. The van der Waals surface area contributed by atoms with Gasteiger partial charge in [0.1, 0.15) is 0 Å². The Labute approximate surface area is 108 Å². The normalized spacial score (nSPS) is 23.0. The van der Waals surface area contributed by atoms with Crippen molar-refractivity contribution in [2.24, 2.45) is 11.8 Å². The molecule has 4 nitrogen and oxygen atoms in total. The molecule has 1 amide bonds. The minimum atomic E-state index is 0.0728. The molecule has 0 bridgehead atoms. The lowest BCUT2D eigenvalue weighted by molar-refractivity contribution is -0.120. The predicted molar refractivity (Wildman–Crippen MR) is 71.3 cm³/mol. The Balaban J connectivity index is 1.94. The summed E-state index contributed by atoms with van der Waals surface area (Å²) in [6.45, 7) is 4.39. The third-order valence-electron chi connectivity index (χ3n) is 3.39. The highest BCUT2D eigenvalue weighted by Crippen LogP contribution is 2.18. The van der Waals surface area contributed by atoms with Gasteiger partial charge in [0.25, 0.3) is 0 Å². The Morgan fingerprint density at radius 3 is 2.67 bits per heavy atom. The van der Waals surface area contributed by atoms with E-state index >= 15 is 0 Å². The molecule has 1 aliphatic rings. The average molecular weight is 248 g/mol. The highest BCUT2D eigenvalue weighted by Gasteiger charge is 2.29. The largest absolute Gasteiger partial charge is 0.380 e. The standard InChI is InChI=1S/C14H20N2O2/c1-10-7-15-8-13(10)14(17)16-12-5-3-11(4-6-12)9-18-2/h3-6,10,13,15H,7-9H2,1-2H3,(H,16,17)/t10-,13-/m1/s1. The van der Waals surface area contributed by atoms with E-state index in [9.17, 15) is 4.79 Å². The van der Waals surface area contributed by atoms with Gasteiger partial charge in [0.05, 0.1) is 12.5 Å². The fourth-order valence-corrected chi connectivity index (χ4v) is 2.25. The monoisotopic (exact) mass is 248 g/mol. The molecule has 98 valence electrons. The molecule has 4 heteroatoms. The second kappa shape index (κ2) is 5.98. The third kappa shape index (κ3) is 3.09. The lowest BCUT2D eigenvalue weighted by atomic mass is 9.97. The van der Waals surface area contributed by atoms with Gasteiger partial charge in [-0.3, -0.25) is 4.79 Å². The van der Waals surface area contributed by atoms with Crippen molar-refractivity contribution in [2.75, 3.05) is 25.5 Å². The van der Waals surface area contributed by atoms with Gasteiger partial charge in [0.15, 0.2) is 0 Å². The van der Waals surface area contributed by atoms with E-state index in [1.807, 2.05) is 24.3 Å². The number of carbonyl (C=O) groups excluding carboxylic acids is 1. The van der Waals surface area contributed by atoms with Gasteiger partial charge >= 0.3 is 0 Å². The summed E-state index contributed by atoms with van der Waals surface area (Å²) in [5.74, 6) is 0.577. The molecule has 18 heavy (non-hydrogen) atoms. The van der Waals surface area contributed by atoms with E-state index in [2.05, 4.69) is 17.6 Å². The van der Waals surface area contributed by atoms with Crippen LogP contribution >= 0.6 is 0 Å². The van der Waals surface area contributed by atoms with Gasteiger partial charge < -0.3 is 15.4 Å². The summed E-state index contributed by atoms with van der Waals surface area (Å²) in [7, 11) is 1.67. The molecular formula is C14H20N2O2. The number of carbonyl (C=O) groups is 1. The van der Waals surface area contributed by atoms with Crippen LogP contribution in [0.4, 0.5) is 5.69 Å². The van der Waals surface area contributed by atoms with Crippen LogP contribution in [0.1, 0.15) is 12.5 Å². The summed E-state index contributed by atoms with van der Waals surface area (Å²) in [5.41, 5.74) is 1.95. The van der Waals surface area contributed by atoms with Crippen LogP contribution in [-0.2, 0) is 16.1 Å². The summed E-state index contributed by atoms with van der Waals surface area (Å²) in [4.78, 5) is 12.1. The van der Waals surface area contributed by atoms with Crippen molar-refractivity contribution in [3.05, 3.63) is 29.8 Å². The van der Waals surface area contributed by atoms with Crippen molar-refractivity contribution < 1.29 is 9.53 Å². The van der Waals surface area contributed by atoms with Crippen molar-refractivity contribution in [2.45, 2.75) is 13.5 Å². The van der Waals surface area contributed by atoms with Crippen LogP contribution in [0.5, 0.6) is 0 Å². The van der Waals surface area contributed by atoms with Gasteiger partial charge in [-0.1, -0.05) is 19.1 Å². The molecule has 0 saturated carbocycles. The molecule has 1 aliphatic heterocycles. The van der Waals surface area contributed by atoms with Gasteiger partial charge in [-0.25, -0.2) is 0 Å². The van der Waals surface area contributed by atoms with E-state index in [-0.39, 0.29) is 11.8 Å². The van der Waals surface area contributed by atoms with Crippen LogP contribution in [0.15, 0.2) is 24.3 Å². The molecule has 0 unspecified atom stereocenters. The van der Waals surface area contributed by atoms with E-state index in [1.54, 1.807) is 7.11 Å². The Morgan fingerprint density at radius 1 is 1.39 bits per heavy atom. The topological polar surface area (TPSA) is 50.4 Å². The van der Waals surface area contributed by atoms with Gasteiger partial charge in [0, 0.05) is 19.3 Å². The van der Waals surface area contributed by atoms with Gasteiger partial charge in [0.2, 0.25) is 5.91 Å². The van der Waals surface area contributed by atoms with Crippen LogP contribution in [0, 0.1) is 11.8 Å². The zero-order valence-corrected chi connectivity index (χ0v) is 10.9. The highest BCUT2D eigenvalue weighted by atomic mass is 16.5. The van der Waals surface area contributed by atoms with Crippen LogP contribution in [0.3, 0.4) is 0 Å². The Kier molecular flexibility index (Phi) is 4.33. The van der Waals surface area contributed by atoms with Crippen LogP contribution in [0.25, 0.3) is 0 Å². The van der Waals surface area contributed by atoms with Crippen molar-refractivity contribution >= 4 is 11.6 Å². The van der Waals surface area contributed by atoms with Crippen molar-refractivity contribution in [3.63, 3.8) is 0 Å². The number of amides is 1. The Morgan fingerprint density at radius 2 is 2.11 bits per heavy atom. The maximum Gasteiger partial charge on any atom is 0.229 e. The fraction of sp³-hybridized carbons (Fsp3) is 0.500. The van der Waals surface area contributed by atoms with E-state index < -0.39 is 0 Å². The number of methoxy groups -OCH3 is 1. The number of ether oxygens (including phenoxy) is 1.